The number of hydrogen-bond acceptors (Lipinski definition) is 19. The first-order valence-corrected chi connectivity index (χ1v) is 28.1. The number of para-hydroxylation sites is 2. The molecule has 2 heterocycles. The number of nitrogen functional groups attached to an aromatic ring is 2. The van der Waals surface area contributed by atoms with Gasteiger partial charge in [-0.2, -0.15) is 0 Å². The smallest absolute Gasteiger partial charge is 0.444 e. The minimum Gasteiger partial charge on any atom is -0.444 e. The Morgan fingerprint density at radius 1 is 0.409 bits per heavy atom. The lowest BCUT2D eigenvalue weighted by atomic mass is 10.2. The van der Waals surface area contributed by atoms with E-state index in [4.69, 9.17) is 41.9 Å². The molecule has 8 rings (SSSR count). The Balaban J connectivity index is 0.000000299. The van der Waals surface area contributed by atoms with E-state index >= 15 is 0 Å². The highest BCUT2D eigenvalue weighted by molar-refractivity contribution is 5.83. The van der Waals surface area contributed by atoms with E-state index in [0.717, 1.165) is 72.5 Å². The summed E-state index contributed by atoms with van der Waals surface area (Å²) in [5, 5.41) is 14.0. The first-order chi connectivity index (χ1) is 40.7. The molecule has 2 aromatic heterocycles. The average molecular weight is 1210 g/mol. The number of alkyl carbamates (subject to hydrolysis) is 2. The van der Waals surface area contributed by atoms with E-state index in [2.05, 4.69) is 45.9 Å². The van der Waals surface area contributed by atoms with Crippen LogP contribution in [-0.2, 0) is 49.9 Å². The van der Waals surface area contributed by atoms with Gasteiger partial charge in [0.05, 0.1) is 22.4 Å². The van der Waals surface area contributed by atoms with E-state index in [1.807, 2.05) is 189 Å². The zero-order valence-electron chi connectivity index (χ0n) is 52.5. The highest BCUT2D eigenvalue weighted by atomic mass is 16.8. The van der Waals surface area contributed by atoms with Gasteiger partial charge < -0.3 is 67.9 Å². The van der Waals surface area contributed by atoms with E-state index in [1.54, 1.807) is 53.7 Å². The molecule has 6 aromatic carbocycles. The van der Waals surface area contributed by atoms with Crippen LogP contribution < -0.4 is 44.2 Å². The fraction of sp³-hybridized carbons (Fsp3) is 0.343. The molecule has 0 unspecified atom stereocenters. The Kier molecular flexibility index (Phi) is 28.0. The molecule has 0 bridgehead atoms. The van der Waals surface area contributed by atoms with E-state index < -0.39 is 46.9 Å². The van der Waals surface area contributed by atoms with Crippen LogP contribution in [0.4, 0.5) is 53.8 Å². The number of hydrogen-bond donors (Lipinski definition) is 8. The molecule has 21 nitrogen and oxygen atoms in total. The van der Waals surface area contributed by atoms with E-state index in [9.17, 15) is 19.2 Å². The molecule has 0 atom stereocenters. The SMILES string of the molecule is C.CC(C)(C)OC(=O)NCc1ccc(N)cc1.CC(C)(C)OC(=O)OC(=O)OC(C)(C)C.Cc1nc(Nc2ccc(CN)cc2)nc2ccccc12.Cc1nc(Nc2ccc(CNC(=O)OC(C)(C)C)cc2)nc2ccccc12.NCc1ccc(N)cc1. The van der Waals surface area contributed by atoms with Crippen molar-refractivity contribution in [2.75, 3.05) is 22.1 Å². The summed E-state index contributed by atoms with van der Waals surface area (Å²) >= 11 is 0. The summed E-state index contributed by atoms with van der Waals surface area (Å²) in [5.41, 5.74) is 30.8. The first kappa shape index (κ1) is 72.7. The predicted octanol–water partition coefficient (Wildman–Crippen LogP) is 14.4. The summed E-state index contributed by atoms with van der Waals surface area (Å²) in [6.07, 6.45) is -2.96. The number of nitrogens with zero attached hydrogens (tertiary/aromatic N) is 4. The summed E-state index contributed by atoms with van der Waals surface area (Å²) in [7, 11) is 0. The van der Waals surface area contributed by atoms with Crippen LogP contribution in [-0.4, -0.2) is 66.8 Å². The number of aryl methyl sites for hydroxylation is 2. The van der Waals surface area contributed by atoms with E-state index in [-0.39, 0.29) is 7.43 Å². The number of benzene rings is 6. The summed E-state index contributed by atoms with van der Waals surface area (Å²) in [6.45, 7) is 27.0. The summed E-state index contributed by atoms with van der Waals surface area (Å²) < 4.78 is 24.1. The second-order valence-corrected chi connectivity index (χ2v) is 23.6. The number of ether oxygens (including phenoxy) is 5. The molecule has 2 amide bonds. The second-order valence-electron chi connectivity index (χ2n) is 23.6. The standard InChI is InChI=1S/C21H24N4O2.C16H16N4.C12H18N2O2.C10H18O5.C7H10N2.CH4/c1-14-17-7-5-6-8-18(17)25-19(23-14)24-16-11-9-15(10-12-16)13-22-20(26)27-21(2,3)4;1-11-14-4-2-3-5-15(14)20-16(18-11)19-13-8-6-12(10-17)7-9-13;1-12(2,3)16-11(15)14-8-9-4-6-10(13)7-5-9;1-9(2,3)14-7(11)13-8(12)15-10(4,5)6;8-5-6-1-3-7(9)4-2-6;/h5-12H,13H2,1-4H3,(H,22,26)(H,23,24,25);2-9H,10,17H2,1H3,(H,18,19,20);4-7H,8,13H2,1-3H3,(H,14,15);1-6H3;1-4H,5,8-9H2;1H4. The Hall–Kier alpha value is -9.60. The van der Waals surface area contributed by atoms with Crippen molar-refractivity contribution < 1.29 is 42.9 Å². The van der Waals surface area contributed by atoms with E-state index in [1.165, 1.54) is 0 Å². The summed E-state index contributed by atoms with van der Waals surface area (Å²) in [4.78, 5) is 63.2. The Labute approximate surface area is 518 Å². The molecule has 0 saturated heterocycles. The molecule has 0 fully saturated rings. The maximum Gasteiger partial charge on any atom is 0.519 e. The third kappa shape index (κ3) is 29.0. The maximum atomic E-state index is 11.7. The fourth-order valence-electron chi connectivity index (χ4n) is 7.15. The zero-order valence-corrected chi connectivity index (χ0v) is 52.5. The van der Waals surface area contributed by atoms with Crippen LogP contribution in [0.3, 0.4) is 0 Å². The van der Waals surface area contributed by atoms with Crippen molar-refractivity contribution in [3.63, 3.8) is 0 Å². The molecule has 472 valence electrons. The fourth-order valence-corrected chi connectivity index (χ4v) is 7.15. The molecular weight excluding hydrogens is 1120 g/mol. The molecule has 8 aromatic rings. The van der Waals surface area contributed by atoms with Crippen LogP contribution in [0.2, 0.25) is 0 Å². The normalized spacial score (nSPS) is 10.9. The van der Waals surface area contributed by atoms with Gasteiger partial charge in [0, 0.05) is 59.7 Å². The van der Waals surface area contributed by atoms with Gasteiger partial charge in [0.2, 0.25) is 11.9 Å². The minimum atomic E-state index is -1.06. The van der Waals surface area contributed by atoms with Crippen LogP contribution in [0, 0.1) is 13.8 Å². The molecule has 0 radical (unpaired) electrons. The molecule has 0 aliphatic carbocycles. The Morgan fingerprint density at radius 3 is 1.02 bits per heavy atom. The predicted molar refractivity (Wildman–Crippen MR) is 352 cm³/mol. The van der Waals surface area contributed by atoms with Crippen LogP contribution >= 0.6 is 0 Å². The highest BCUT2D eigenvalue weighted by Crippen LogP contribution is 2.22. The van der Waals surface area contributed by atoms with Crippen molar-refractivity contribution in [3.8, 4) is 0 Å². The molecule has 0 aliphatic heterocycles. The summed E-state index contributed by atoms with van der Waals surface area (Å²) in [5.74, 6) is 1.17. The maximum absolute atomic E-state index is 11.7. The van der Waals surface area contributed by atoms with Crippen molar-refractivity contribution in [3.05, 3.63) is 179 Å². The van der Waals surface area contributed by atoms with Crippen molar-refractivity contribution in [2.45, 2.75) is 153 Å². The number of aromatic nitrogens is 4. The third-order valence-electron chi connectivity index (χ3n) is 11.1. The quantitative estimate of drug-likeness (QED) is 0.0273. The van der Waals surface area contributed by atoms with Gasteiger partial charge in [-0.05, 0) is 180 Å². The largest absolute Gasteiger partial charge is 0.519 e. The van der Waals surface area contributed by atoms with Gasteiger partial charge in [-0.15, -0.1) is 0 Å². The number of carbonyl (C=O) groups is 4. The molecular formula is C67H90N12O9. The first-order valence-electron chi connectivity index (χ1n) is 28.1. The van der Waals surface area contributed by atoms with Crippen molar-refractivity contribution in [1.82, 2.24) is 30.6 Å². The molecule has 0 aliphatic rings. The number of nitrogens with one attached hydrogen (secondary N) is 4. The van der Waals surface area contributed by atoms with Crippen molar-refractivity contribution >= 4 is 80.9 Å². The van der Waals surface area contributed by atoms with Crippen molar-refractivity contribution in [2.24, 2.45) is 11.5 Å². The Morgan fingerprint density at radius 2 is 0.705 bits per heavy atom. The van der Waals surface area contributed by atoms with E-state index in [0.29, 0.717) is 43.8 Å². The van der Waals surface area contributed by atoms with Gasteiger partial charge in [0.15, 0.2) is 0 Å². The third-order valence-corrected chi connectivity index (χ3v) is 11.1. The number of fused-ring (bicyclic) bond motifs is 2. The molecule has 12 N–H and O–H groups in total. The van der Waals surface area contributed by atoms with Crippen molar-refractivity contribution in [1.29, 1.82) is 0 Å². The van der Waals surface area contributed by atoms with Gasteiger partial charge in [-0.3, -0.25) is 0 Å². The van der Waals surface area contributed by atoms with Gasteiger partial charge in [0.25, 0.3) is 0 Å². The lowest BCUT2D eigenvalue weighted by molar-refractivity contribution is -0.0294. The van der Waals surface area contributed by atoms with Crippen LogP contribution in [0.1, 0.15) is 124 Å². The number of rotatable bonds is 10. The van der Waals surface area contributed by atoms with Gasteiger partial charge >= 0.3 is 24.5 Å². The van der Waals surface area contributed by atoms with Crippen LogP contribution in [0.5, 0.6) is 0 Å². The number of anilines is 6. The average Bonchev–Trinajstić information content (AvgIpc) is 2.72. The van der Waals surface area contributed by atoms with Gasteiger partial charge in [-0.25, -0.2) is 39.1 Å². The molecule has 0 saturated carbocycles. The monoisotopic (exact) mass is 1210 g/mol. The van der Waals surface area contributed by atoms with Gasteiger partial charge in [-0.1, -0.05) is 92.4 Å². The minimum absolute atomic E-state index is 0. The lowest BCUT2D eigenvalue weighted by Gasteiger charge is -2.20. The highest BCUT2D eigenvalue weighted by Gasteiger charge is 2.24. The Bertz CT molecular complexity index is 3440. The second kappa shape index (κ2) is 33.9. The molecule has 88 heavy (non-hydrogen) atoms. The molecule has 0 spiro atoms. The molecule has 21 heteroatoms. The zero-order chi connectivity index (χ0) is 64.5. The topological polar surface area (TPSA) is 318 Å². The number of amides is 2. The number of nitrogens with two attached hydrogens (primary N) is 4. The lowest BCUT2D eigenvalue weighted by Crippen LogP contribution is -2.32. The van der Waals surface area contributed by atoms with Crippen LogP contribution in [0.25, 0.3) is 21.8 Å². The number of carbonyl (C=O) groups excluding carboxylic acids is 4. The van der Waals surface area contributed by atoms with Crippen LogP contribution in [0.15, 0.2) is 146 Å². The summed E-state index contributed by atoms with van der Waals surface area (Å²) in [6, 6.07) is 46.5. The van der Waals surface area contributed by atoms with Gasteiger partial charge in [0.1, 0.15) is 22.4 Å².